The highest BCUT2D eigenvalue weighted by Crippen LogP contribution is 2.23. The molecule has 0 saturated heterocycles. The highest BCUT2D eigenvalue weighted by Gasteiger charge is 2.29. The van der Waals surface area contributed by atoms with E-state index in [4.69, 9.17) is 0 Å². The number of halogens is 2. The van der Waals surface area contributed by atoms with Crippen molar-refractivity contribution in [3.63, 3.8) is 0 Å². The number of carbonyl (C=O) groups excluding carboxylic acids is 1. The maximum atomic E-state index is 13.1. The Balaban J connectivity index is 2.01. The van der Waals surface area contributed by atoms with Gasteiger partial charge in [0.15, 0.2) is 11.6 Å². The lowest BCUT2D eigenvalue weighted by Crippen LogP contribution is -2.46. The molecular formula is C15H19F2NO2. The molecule has 1 aliphatic carbocycles. The second-order valence-corrected chi connectivity index (χ2v) is 5.35. The van der Waals surface area contributed by atoms with Crippen molar-refractivity contribution >= 4 is 5.91 Å². The third-order valence-electron chi connectivity index (χ3n) is 3.92. The van der Waals surface area contributed by atoms with Crippen molar-refractivity contribution in [1.29, 1.82) is 0 Å². The molecule has 1 amide bonds. The first kappa shape index (κ1) is 14.9. The number of nitrogens with zero attached hydrogens (tertiary/aromatic N) is 1. The maximum absolute atomic E-state index is 13.1. The van der Waals surface area contributed by atoms with Gasteiger partial charge in [-0.2, -0.15) is 0 Å². The van der Waals surface area contributed by atoms with E-state index in [9.17, 15) is 18.7 Å². The third-order valence-corrected chi connectivity index (χ3v) is 3.92. The van der Waals surface area contributed by atoms with Crippen molar-refractivity contribution in [3.8, 4) is 0 Å². The van der Waals surface area contributed by atoms with Crippen LogP contribution < -0.4 is 0 Å². The molecule has 1 N–H and O–H groups in total. The van der Waals surface area contributed by atoms with Crippen LogP contribution in [0, 0.1) is 11.6 Å². The van der Waals surface area contributed by atoms with E-state index in [1.807, 2.05) is 0 Å². The maximum Gasteiger partial charge on any atom is 0.227 e. The number of aliphatic hydroxyl groups is 1. The minimum absolute atomic E-state index is 0.0108. The normalized spacial score (nSPS) is 22.6. The molecule has 1 saturated carbocycles. The van der Waals surface area contributed by atoms with Crippen LogP contribution in [-0.2, 0) is 11.2 Å². The van der Waals surface area contributed by atoms with Gasteiger partial charge in [0.1, 0.15) is 0 Å². The molecule has 3 nitrogen and oxygen atoms in total. The van der Waals surface area contributed by atoms with Crippen molar-refractivity contribution in [2.45, 2.75) is 44.2 Å². The second-order valence-electron chi connectivity index (χ2n) is 5.35. The second kappa shape index (κ2) is 6.31. The summed E-state index contributed by atoms with van der Waals surface area (Å²) in [5, 5.41) is 9.93. The summed E-state index contributed by atoms with van der Waals surface area (Å²) >= 11 is 0. The van der Waals surface area contributed by atoms with Gasteiger partial charge in [-0.1, -0.05) is 18.9 Å². The summed E-state index contributed by atoms with van der Waals surface area (Å²) in [4.78, 5) is 13.7. The molecule has 0 radical (unpaired) electrons. The Hall–Kier alpha value is -1.49. The number of benzene rings is 1. The molecule has 0 spiro atoms. The third kappa shape index (κ3) is 3.33. The fourth-order valence-electron chi connectivity index (χ4n) is 2.68. The zero-order chi connectivity index (χ0) is 14.7. The monoisotopic (exact) mass is 283 g/mol. The van der Waals surface area contributed by atoms with Gasteiger partial charge in [-0.25, -0.2) is 8.78 Å². The lowest BCUT2D eigenvalue weighted by Gasteiger charge is -2.35. The topological polar surface area (TPSA) is 40.5 Å². The number of hydrogen-bond donors (Lipinski definition) is 1. The van der Waals surface area contributed by atoms with Gasteiger partial charge in [-0.3, -0.25) is 4.79 Å². The van der Waals surface area contributed by atoms with Gasteiger partial charge >= 0.3 is 0 Å². The first-order valence-electron chi connectivity index (χ1n) is 6.86. The van der Waals surface area contributed by atoms with Crippen LogP contribution >= 0.6 is 0 Å². The van der Waals surface area contributed by atoms with E-state index in [2.05, 4.69) is 0 Å². The fraction of sp³-hybridized carbons (Fsp3) is 0.533. The SMILES string of the molecule is CN(C(=O)Cc1ccc(F)c(F)c1)C1CCCCC1O. The summed E-state index contributed by atoms with van der Waals surface area (Å²) in [7, 11) is 1.65. The molecule has 20 heavy (non-hydrogen) atoms. The van der Waals surface area contributed by atoms with Crippen molar-refractivity contribution in [1.82, 2.24) is 4.90 Å². The van der Waals surface area contributed by atoms with Gasteiger partial charge < -0.3 is 10.0 Å². The average Bonchev–Trinajstić information content (AvgIpc) is 2.42. The molecule has 2 unspecified atom stereocenters. The van der Waals surface area contributed by atoms with Gasteiger partial charge in [-0.05, 0) is 30.5 Å². The first-order valence-corrected chi connectivity index (χ1v) is 6.86. The summed E-state index contributed by atoms with van der Waals surface area (Å²) in [5.41, 5.74) is 0.436. The van der Waals surface area contributed by atoms with Crippen LogP contribution in [0.1, 0.15) is 31.2 Å². The molecule has 0 heterocycles. The molecule has 5 heteroatoms. The number of carbonyl (C=O) groups is 1. The van der Waals surface area contributed by atoms with Crippen LogP contribution in [0.2, 0.25) is 0 Å². The van der Waals surface area contributed by atoms with E-state index in [1.165, 1.54) is 11.0 Å². The highest BCUT2D eigenvalue weighted by atomic mass is 19.2. The van der Waals surface area contributed by atoms with Gasteiger partial charge in [0, 0.05) is 7.05 Å². The summed E-state index contributed by atoms with van der Waals surface area (Å²) in [6.45, 7) is 0. The molecule has 0 bridgehead atoms. The van der Waals surface area contributed by atoms with Gasteiger partial charge in [0.2, 0.25) is 5.91 Å². The average molecular weight is 283 g/mol. The standard InChI is InChI=1S/C15H19F2NO2/c1-18(13-4-2-3-5-14(13)19)15(20)9-10-6-7-11(16)12(17)8-10/h6-8,13-14,19H,2-5,9H2,1H3. The smallest absolute Gasteiger partial charge is 0.227 e. The minimum atomic E-state index is -0.948. The first-order chi connectivity index (χ1) is 9.49. The Bertz CT molecular complexity index is 493. The van der Waals surface area contributed by atoms with Crippen LogP contribution in [0.4, 0.5) is 8.78 Å². The number of aliphatic hydroxyl groups excluding tert-OH is 1. The zero-order valence-electron chi connectivity index (χ0n) is 11.5. The van der Waals surface area contributed by atoms with Crippen molar-refractivity contribution in [2.24, 2.45) is 0 Å². The number of rotatable bonds is 3. The lowest BCUT2D eigenvalue weighted by molar-refractivity contribution is -0.134. The van der Waals surface area contributed by atoms with Gasteiger partial charge in [-0.15, -0.1) is 0 Å². The van der Waals surface area contributed by atoms with E-state index in [-0.39, 0.29) is 18.4 Å². The Morgan fingerprint density at radius 3 is 2.65 bits per heavy atom. The van der Waals surface area contributed by atoms with Gasteiger partial charge in [0.05, 0.1) is 18.6 Å². The Kier molecular flexibility index (Phi) is 4.70. The molecule has 0 aromatic heterocycles. The molecule has 1 aliphatic rings. The molecule has 1 aromatic carbocycles. The Morgan fingerprint density at radius 2 is 2.00 bits per heavy atom. The van der Waals surface area contributed by atoms with Crippen molar-refractivity contribution in [3.05, 3.63) is 35.4 Å². The van der Waals surface area contributed by atoms with Crippen LogP contribution in [-0.4, -0.2) is 35.1 Å². The highest BCUT2D eigenvalue weighted by molar-refractivity contribution is 5.78. The van der Waals surface area contributed by atoms with Crippen LogP contribution in [0.3, 0.4) is 0 Å². The molecular weight excluding hydrogens is 264 g/mol. The van der Waals surface area contributed by atoms with E-state index in [1.54, 1.807) is 7.05 Å². The summed E-state index contributed by atoms with van der Waals surface area (Å²) < 4.78 is 25.9. The number of likely N-dealkylation sites (N-methyl/N-ethyl adjacent to an activating group) is 1. The minimum Gasteiger partial charge on any atom is -0.391 e. The predicted octanol–water partition coefficient (Wildman–Crippen LogP) is 2.27. The molecule has 2 rings (SSSR count). The number of hydrogen-bond acceptors (Lipinski definition) is 2. The van der Waals surface area contributed by atoms with E-state index in [0.29, 0.717) is 12.0 Å². The van der Waals surface area contributed by atoms with Crippen LogP contribution in [0.5, 0.6) is 0 Å². The Morgan fingerprint density at radius 1 is 1.30 bits per heavy atom. The summed E-state index contributed by atoms with van der Waals surface area (Å²) in [6, 6.07) is 3.29. The summed E-state index contributed by atoms with van der Waals surface area (Å²) in [5.74, 6) is -2.06. The predicted molar refractivity (Wildman–Crippen MR) is 71.1 cm³/mol. The van der Waals surface area contributed by atoms with Gasteiger partial charge in [0.25, 0.3) is 0 Å². The van der Waals surface area contributed by atoms with Crippen molar-refractivity contribution in [2.75, 3.05) is 7.05 Å². The van der Waals surface area contributed by atoms with Crippen LogP contribution in [0.15, 0.2) is 18.2 Å². The molecule has 110 valence electrons. The molecule has 0 aliphatic heterocycles. The quantitative estimate of drug-likeness (QED) is 0.924. The number of amides is 1. The Labute approximate surface area is 117 Å². The molecule has 1 fully saturated rings. The van der Waals surface area contributed by atoms with E-state index in [0.717, 1.165) is 31.4 Å². The lowest BCUT2D eigenvalue weighted by atomic mass is 9.91. The van der Waals surface area contributed by atoms with E-state index < -0.39 is 17.7 Å². The van der Waals surface area contributed by atoms with Crippen LogP contribution in [0.25, 0.3) is 0 Å². The van der Waals surface area contributed by atoms with E-state index >= 15 is 0 Å². The summed E-state index contributed by atoms with van der Waals surface area (Å²) in [6.07, 6.45) is 2.96. The largest absolute Gasteiger partial charge is 0.391 e. The molecule has 1 aromatic rings. The zero-order valence-corrected chi connectivity index (χ0v) is 11.5. The fourth-order valence-corrected chi connectivity index (χ4v) is 2.68. The van der Waals surface area contributed by atoms with Crippen molar-refractivity contribution < 1.29 is 18.7 Å². The molecule has 2 atom stereocenters.